The second kappa shape index (κ2) is 12.9. The van der Waals surface area contributed by atoms with Gasteiger partial charge in [-0.15, -0.1) is 0 Å². The molecule has 0 bridgehead atoms. The first kappa shape index (κ1) is 23.9. The Labute approximate surface area is 187 Å². The van der Waals surface area contributed by atoms with Crippen LogP contribution in [0.25, 0.3) is 0 Å². The van der Waals surface area contributed by atoms with Gasteiger partial charge in [0.25, 0.3) is 0 Å². The van der Waals surface area contributed by atoms with Crippen molar-refractivity contribution < 1.29 is 19.0 Å². The summed E-state index contributed by atoms with van der Waals surface area (Å²) in [5.74, 6) is 1.78. The van der Waals surface area contributed by atoms with E-state index in [0.717, 1.165) is 56.9 Å². The van der Waals surface area contributed by atoms with Gasteiger partial charge in [-0.3, -0.25) is 9.69 Å². The predicted octanol–water partition coefficient (Wildman–Crippen LogP) is 3.96. The molecule has 2 aliphatic rings. The van der Waals surface area contributed by atoms with E-state index in [9.17, 15) is 4.79 Å². The van der Waals surface area contributed by atoms with E-state index in [2.05, 4.69) is 29.3 Å². The molecule has 31 heavy (non-hydrogen) atoms. The predicted molar refractivity (Wildman–Crippen MR) is 123 cm³/mol. The van der Waals surface area contributed by atoms with Crippen LogP contribution in [-0.4, -0.2) is 62.9 Å². The van der Waals surface area contributed by atoms with Gasteiger partial charge in [-0.05, 0) is 49.9 Å². The number of nitrogens with one attached hydrogen (secondary N) is 1. The third-order valence-corrected chi connectivity index (χ3v) is 6.27. The topological polar surface area (TPSA) is 60.0 Å². The molecule has 0 aliphatic carbocycles. The van der Waals surface area contributed by atoms with Gasteiger partial charge in [0.15, 0.2) is 11.5 Å². The Hall–Kier alpha value is -1.79. The molecule has 0 unspecified atom stereocenters. The molecule has 3 rings (SSSR count). The molecule has 174 valence electrons. The molecule has 0 saturated carbocycles. The van der Waals surface area contributed by atoms with Crippen molar-refractivity contribution in [1.29, 1.82) is 0 Å². The van der Waals surface area contributed by atoms with E-state index in [1.54, 1.807) is 7.11 Å². The summed E-state index contributed by atoms with van der Waals surface area (Å²) in [5.41, 5.74) is 1.17. The zero-order chi connectivity index (χ0) is 21.9. The van der Waals surface area contributed by atoms with Gasteiger partial charge in [0.05, 0.1) is 6.61 Å². The Morgan fingerprint density at radius 1 is 1.19 bits per heavy atom. The molecular formula is C25H40N2O4. The highest BCUT2D eigenvalue weighted by Gasteiger charge is 2.27. The summed E-state index contributed by atoms with van der Waals surface area (Å²) in [6, 6.07) is 6.66. The van der Waals surface area contributed by atoms with Crippen molar-refractivity contribution in [2.45, 2.75) is 76.8 Å². The first-order chi connectivity index (χ1) is 15.2. The average molecular weight is 433 g/mol. The Morgan fingerprint density at radius 2 is 2.00 bits per heavy atom. The van der Waals surface area contributed by atoms with Crippen molar-refractivity contribution in [3.05, 3.63) is 23.8 Å². The van der Waals surface area contributed by atoms with Gasteiger partial charge in [-0.1, -0.05) is 38.7 Å². The molecule has 1 saturated heterocycles. The smallest absolute Gasteiger partial charge is 0.220 e. The fraction of sp³-hybridized carbons (Fsp3) is 0.720. The molecule has 6 nitrogen and oxygen atoms in total. The van der Waals surface area contributed by atoms with Crippen LogP contribution in [0, 0.1) is 0 Å². The number of methoxy groups -OCH3 is 1. The van der Waals surface area contributed by atoms with Gasteiger partial charge in [-0.25, -0.2) is 0 Å². The Balaban J connectivity index is 1.60. The number of likely N-dealkylation sites (tertiary alicyclic amines) is 1. The van der Waals surface area contributed by atoms with Gasteiger partial charge in [0.2, 0.25) is 5.91 Å². The molecule has 0 spiro atoms. The van der Waals surface area contributed by atoms with Gasteiger partial charge in [0.1, 0.15) is 13.2 Å². The van der Waals surface area contributed by atoms with Crippen LogP contribution in [0.1, 0.15) is 63.9 Å². The van der Waals surface area contributed by atoms with Crippen LogP contribution in [0.4, 0.5) is 0 Å². The van der Waals surface area contributed by atoms with Gasteiger partial charge in [-0.2, -0.15) is 0 Å². The molecule has 1 aromatic carbocycles. The van der Waals surface area contributed by atoms with Crippen molar-refractivity contribution in [1.82, 2.24) is 10.2 Å². The number of fused-ring (bicyclic) bond motifs is 1. The molecular weight excluding hydrogens is 392 g/mol. The van der Waals surface area contributed by atoms with Gasteiger partial charge in [0, 0.05) is 32.2 Å². The third kappa shape index (κ3) is 7.69. The first-order valence-corrected chi connectivity index (χ1v) is 12.1. The molecule has 0 radical (unpaired) electrons. The average Bonchev–Trinajstić information content (AvgIpc) is 3.20. The molecule has 6 heteroatoms. The van der Waals surface area contributed by atoms with E-state index < -0.39 is 0 Å². The lowest BCUT2D eigenvalue weighted by Gasteiger charge is -2.29. The highest BCUT2D eigenvalue weighted by molar-refractivity contribution is 5.76. The maximum absolute atomic E-state index is 12.7. The van der Waals surface area contributed by atoms with Crippen molar-refractivity contribution >= 4 is 5.91 Å². The maximum Gasteiger partial charge on any atom is 0.220 e. The molecule has 0 aromatic heterocycles. The monoisotopic (exact) mass is 432 g/mol. The van der Waals surface area contributed by atoms with Crippen LogP contribution in [0.5, 0.6) is 11.5 Å². The zero-order valence-electron chi connectivity index (χ0n) is 19.4. The summed E-state index contributed by atoms with van der Waals surface area (Å²) < 4.78 is 16.8. The van der Waals surface area contributed by atoms with Gasteiger partial charge >= 0.3 is 0 Å². The van der Waals surface area contributed by atoms with Gasteiger partial charge < -0.3 is 19.5 Å². The lowest BCUT2D eigenvalue weighted by atomic mass is 10.0. The van der Waals surface area contributed by atoms with Crippen molar-refractivity contribution in [3.63, 3.8) is 0 Å². The number of ether oxygens (including phenoxy) is 3. The van der Waals surface area contributed by atoms with E-state index in [4.69, 9.17) is 14.2 Å². The molecule has 1 aromatic rings. The number of hydrogen-bond donors (Lipinski definition) is 1. The summed E-state index contributed by atoms with van der Waals surface area (Å²) in [6.45, 7) is 6.06. The number of rotatable bonds is 13. The lowest BCUT2D eigenvalue weighted by Crippen LogP contribution is -2.47. The van der Waals surface area contributed by atoms with Crippen molar-refractivity contribution in [3.8, 4) is 11.5 Å². The van der Waals surface area contributed by atoms with Crippen LogP contribution >= 0.6 is 0 Å². The van der Waals surface area contributed by atoms with Crippen LogP contribution in [0.15, 0.2) is 18.2 Å². The van der Waals surface area contributed by atoms with Crippen LogP contribution in [0.2, 0.25) is 0 Å². The van der Waals surface area contributed by atoms with Crippen LogP contribution in [0.3, 0.4) is 0 Å². The molecule has 1 fully saturated rings. The fourth-order valence-electron chi connectivity index (χ4n) is 4.65. The number of hydrogen-bond acceptors (Lipinski definition) is 5. The Bertz CT molecular complexity index is 681. The number of carbonyl (C=O) groups is 1. The molecule has 2 heterocycles. The number of amides is 1. The van der Waals surface area contributed by atoms with E-state index >= 15 is 0 Å². The molecule has 2 atom stereocenters. The molecule has 1 N–H and O–H groups in total. The number of carbonyl (C=O) groups excluding carboxylic acids is 1. The third-order valence-electron chi connectivity index (χ3n) is 6.27. The second-order valence-corrected chi connectivity index (χ2v) is 8.86. The SMILES string of the molecule is CCCCCCCC(=O)N[C@@H](Cc1ccc2c(c1)OCCO2)CN1CCC[C@@H]1COC. The Kier molecular flexibility index (Phi) is 9.94. The van der Waals surface area contributed by atoms with E-state index in [1.165, 1.54) is 31.2 Å². The summed E-state index contributed by atoms with van der Waals surface area (Å²) in [5, 5.41) is 3.33. The maximum atomic E-state index is 12.7. The number of benzene rings is 1. The number of nitrogens with zero attached hydrogens (tertiary/aromatic N) is 1. The van der Waals surface area contributed by atoms with Crippen LogP contribution in [-0.2, 0) is 16.0 Å². The van der Waals surface area contributed by atoms with E-state index in [-0.39, 0.29) is 11.9 Å². The minimum absolute atomic E-state index is 0.0724. The zero-order valence-corrected chi connectivity index (χ0v) is 19.4. The minimum atomic E-state index is 0.0724. The normalized spacial score (nSPS) is 19.4. The van der Waals surface area contributed by atoms with E-state index in [0.29, 0.717) is 25.7 Å². The highest BCUT2D eigenvalue weighted by Crippen LogP contribution is 2.31. The summed E-state index contributed by atoms with van der Waals surface area (Å²) in [4.78, 5) is 15.2. The lowest BCUT2D eigenvalue weighted by molar-refractivity contribution is -0.122. The highest BCUT2D eigenvalue weighted by atomic mass is 16.6. The summed E-state index contributed by atoms with van der Waals surface area (Å²) >= 11 is 0. The molecule has 2 aliphatic heterocycles. The number of unbranched alkanes of at least 4 members (excludes halogenated alkanes) is 4. The quantitative estimate of drug-likeness (QED) is 0.478. The standard InChI is InChI=1S/C25H40N2O4/c1-3-4-5-6-7-10-25(28)26-21(18-27-13-8-9-22(27)19-29-2)16-20-11-12-23-24(17-20)31-15-14-30-23/h11-12,17,21-22H,3-10,13-16,18-19H2,1-2H3,(H,26,28)/t21-,22+/m0/s1. The Morgan fingerprint density at radius 3 is 2.81 bits per heavy atom. The fourth-order valence-corrected chi connectivity index (χ4v) is 4.65. The van der Waals surface area contributed by atoms with Crippen molar-refractivity contribution in [2.24, 2.45) is 0 Å². The van der Waals surface area contributed by atoms with Crippen LogP contribution < -0.4 is 14.8 Å². The van der Waals surface area contributed by atoms with E-state index in [1.807, 2.05) is 6.07 Å². The van der Waals surface area contributed by atoms with Crippen molar-refractivity contribution in [2.75, 3.05) is 40.0 Å². The first-order valence-electron chi connectivity index (χ1n) is 12.1. The minimum Gasteiger partial charge on any atom is -0.486 e. The molecule has 1 amide bonds. The second-order valence-electron chi connectivity index (χ2n) is 8.86. The summed E-state index contributed by atoms with van der Waals surface area (Å²) in [7, 11) is 1.77. The largest absolute Gasteiger partial charge is 0.486 e. The summed E-state index contributed by atoms with van der Waals surface area (Å²) in [6.07, 6.45) is 9.56.